The van der Waals surface area contributed by atoms with E-state index in [2.05, 4.69) is 42.2 Å². The number of nitrogens with one attached hydrogen (secondary N) is 1. The second-order valence-corrected chi connectivity index (χ2v) is 8.96. The first-order valence-electron chi connectivity index (χ1n) is 9.84. The molecule has 1 amide bonds. The van der Waals surface area contributed by atoms with Crippen LogP contribution in [0.15, 0.2) is 68.5 Å². The number of para-hydroxylation sites is 1. The van der Waals surface area contributed by atoms with E-state index in [-0.39, 0.29) is 11.2 Å². The van der Waals surface area contributed by atoms with Crippen LogP contribution in [0.3, 0.4) is 0 Å². The number of carbonyl (C=O) groups is 1. The van der Waals surface area contributed by atoms with E-state index in [1.54, 1.807) is 31.8 Å². The third-order valence-corrected chi connectivity index (χ3v) is 6.46. The van der Waals surface area contributed by atoms with Crippen LogP contribution in [-0.2, 0) is 11.8 Å². The normalized spacial score (nSPS) is 12.0. The average molecular weight is 560 g/mol. The Labute approximate surface area is 201 Å². The smallest absolute Gasteiger partial charge is 0.295 e. The van der Waals surface area contributed by atoms with E-state index in [1.807, 2.05) is 48.5 Å². The number of pyridine rings is 1. The van der Waals surface area contributed by atoms with E-state index in [0.717, 1.165) is 9.86 Å². The minimum absolute atomic E-state index is 0.217. The zero-order chi connectivity index (χ0) is 23.0. The lowest BCUT2D eigenvalue weighted by Gasteiger charge is -2.17. The minimum Gasteiger partial charge on any atom is -0.477 e. The molecule has 4 aromatic rings. The summed E-state index contributed by atoms with van der Waals surface area (Å²) in [6.07, 6.45) is 0.792. The maximum Gasteiger partial charge on any atom is 0.295 e. The summed E-state index contributed by atoms with van der Waals surface area (Å²) in [5, 5.41) is 3.61. The van der Waals surface area contributed by atoms with Gasteiger partial charge >= 0.3 is 0 Å². The van der Waals surface area contributed by atoms with Gasteiger partial charge in [0.1, 0.15) is 11.2 Å². The Morgan fingerprint density at radius 2 is 1.84 bits per heavy atom. The Morgan fingerprint density at radius 1 is 1.12 bits per heavy atom. The zero-order valence-electron chi connectivity index (χ0n) is 17.6. The van der Waals surface area contributed by atoms with Crippen molar-refractivity contribution in [1.29, 1.82) is 0 Å². The predicted molar refractivity (Wildman–Crippen MR) is 132 cm³/mol. The summed E-state index contributed by atoms with van der Waals surface area (Å²) < 4.78 is 10.7. The molecule has 9 heteroatoms. The van der Waals surface area contributed by atoms with Crippen LogP contribution in [0.25, 0.3) is 16.6 Å². The maximum atomic E-state index is 13.1. The summed E-state index contributed by atoms with van der Waals surface area (Å²) in [5.41, 5.74) is 1.87. The van der Waals surface area contributed by atoms with Crippen molar-refractivity contribution in [3.05, 3.63) is 79.7 Å². The maximum absolute atomic E-state index is 13.1. The SMILES string of the molecule is Cc1c(NC(=O)[C@H](C)Oc2c(Br)cc(Br)c3cccnc23)c(=O)n(-c2ccccc2)n1C. The standard InChI is InChI=1S/C23H20Br2N4O3/c1-13-19(23(31)29(28(13)3)15-8-5-4-6-9-15)27-22(30)14(2)32-21-18(25)12-17(24)16-10-7-11-26-20(16)21/h4-12,14H,1-3H3,(H,27,30)/t14-/m0/s1. The summed E-state index contributed by atoms with van der Waals surface area (Å²) >= 11 is 7.01. The molecule has 0 saturated heterocycles. The van der Waals surface area contributed by atoms with Gasteiger partial charge < -0.3 is 10.1 Å². The molecule has 0 aliphatic carbocycles. The van der Waals surface area contributed by atoms with E-state index in [1.165, 1.54) is 4.68 Å². The van der Waals surface area contributed by atoms with Crippen molar-refractivity contribution in [2.45, 2.75) is 20.0 Å². The van der Waals surface area contributed by atoms with Crippen molar-refractivity contribution in [3.8, 4) is 11.4 Å². The second kappa shape index (κ2) is 8.91. The molecule has 0 saturated carbocycles. The molecule has 2 aromatic carbocycles. The topological polar surface area (TPSA) is 78.2 Å². The molecule has 1 atom stereocenters. The number of carbonyl (C=O) groups excluding carboxylic acids is 1. The monoisotopic (exact) mass is 558 g/mol. The average Bonchev–Trinajstić information content (AvgIpc) is 3.00. The summed E-state index contributed by atoms with van der Waals surface area (Å²) in [7, 11) is 1.77. The summed E-state index contributed by atoms with van der Waals surface area (Å²) in [5.74, 6) is 0.0211. The van der Waals surface area contributed by atoms with Crippen LogP contribution >= 0.6 is 31.9 Å². The number of rotatable bonds is 5. The van der Waals surface area contributed by atoms with Crippen LogP contribution in [0, 0.1) is 6.92 Å². The van der Waals surface area contributed by atoms with Crippen molar-refractivity contribution >= 4 is 54.4 Å². The number of anilines is 1. The molecule has 7 nitrogen and oxygen atoms in total. The van der Waals surface area contributed by atoms with Crippen molar-refractivity contribution < 1.29 is 9.53 Å². The molecule has 4 rings (SSSR count). The molecular formula is C23H20Br2N4O3. The third-order valence-electron chi connectivity index (χ3n) is 5.22. The van der Waals surface area contributed by atoms with Gasteiger partial charge in [0.2, 0.25) is 0 Å². The molecule has 1 N–H and O–H groups in total. The molecule has 0 bridgehead atoms. The largest absolute Gasteiger partial charge is 0.477 e. The summed E-state index contributed by atoms with van der Waals surface area (Å²) in [6, 6.07) is 14.9. The number of fused-ring (bicyclic) bond motifs is 1. The van der Waals surface area contributed by atoms with Gasteiger partial charge in [-0.15, -0.1) is 0 Å². The fourth-order valence-electron chi connectivity index (χ4n) is 3.43. The van der Waals surface area contributed by atoms with Crippen molar-refractivity contribution in [2.75, 3.05) is 5.32 Å². The fraction of sp³-hybridized carbons (Fsp3) is 0.174. The Balaban J connectivity index is 1.63. The van der Waals surface area contributed by atoms with Crippen LogP contribution in [0.5, 0.6) is 5.75 Å². The van der Waals surface area contributed by atoms with Gasteiger partial charge in [-0.2, -0.15) is 0 Å². The first-order chi connectivity index (χ1) is 15.3. The third kappa shape index (κ3) is 3.98. The van der Waals surface area contributed by atoms with E-state index < -0.39 is 12.0 Å². The minimum atomic E-state index is -0.873. The van der Waals surface area contributed by atoms with E-state index in [0.29, 0.717) is 27.1 Å². The Morgan fingerprint density at radius 3 is 2.56 bits per heavy atom. The van der Waals surface area contributed by atoms with Crippen molar-refractivity contribution in [2.24, 2.45) is 7.05 Å². The Hall–Kier alpha value is -2.91. The molecule has 164 valence electrons. The number of hydrogen-bond donors (Lipinski definition) is 1. The number of halogens is 2. The van der Waals surface area contributed by atoms with E-state index in [4.69, 9.17) is 4.74 Å². The lowest BCUT2D eigenvalue weighted by atomic mass is 10.2. The Bertz CT molecular complexity index is 1380. The molecule has 2 heterocycles. The highest BCUT2D eigenvalue weighted by atomic mass is 79.9. The molecule has 0 radical (unpaired) electrons. The van der Waals surface area contributed by atoms with Gasteiger partial charge in [-0.3, -0.25) is 19.3 Å². The summed E-state index contributed by atoms with van der Waals surface area (Å²) in [6.45, 7) is 3.41. The molecular weight excluding hydrogens is 540 g/mol. The van der Waals surface area contributed by atoms with Gasteiger partial charge in [-0.1, -0.05) is 40.2 Å². The van der Waals surface area contributed by atoms with Crippen LogP contribution in [-0.4, -0.2) is 26.4 Å². The van der Waals surface area contributed by atoms with E-state index in [9.17, 15) is 9.59 Å². The first-order valence-corrected chi connectivity index (χ1v) is 11.4. The van der Waals surface area contributed by atoms with Crippen molar-refractivity contribution in [3.63, 3.8) is 0 Å². The van der Waals surface area contributed by atoms with Gasteiger partial charge in [-0.05, 0) is 54.0 Å². The second-order valence-electron chi connectivity index (χ2n) is 7.25. The van der Waals surface area contributed by atoms with Crippen LogP contribution in [0.1, 0.15) is 12.6 Å². The molecule has 0 aliphatic rings. The number of benzene rings is 2. The number of aromatic nitrogens is 3. The van der Waals surface area contributed by atoms with Gasteiger partial charge in [0.15, 0.2) is 11.9 Å². The zero-order valence-corrected chi connectivity index (χ0v) is 20.8. The molecule has 0 spiro atoms. The predicted octanol–water partition coefficient (Wildman–Crippen LogP) is 4.96. The first kappa shape index (κ1) is 22.3. The highest BCUT2D eigenvalue weighted by Crippen LogP contribution is 2.37. The van der Waals surface area contributed by atoms with Gasteiger partial charge in [0.05, 0.1) is 15.9 Å². The molecule has 0 fully saturated rings. The lowest BCUT2D eigenvalue weighted by Crippen LogP contribution is -2.32. The lowest BCUT2D eigenvalue weighted by molar-refractivity contribution is -0.122. The van der Waals surface area contributed by atoms with E-state index >= 15 is 0 Å². The van der Waals surface area contributed by atoms with Gasteiger partial charge in [0, 0.05) is 23.1 Å². The van der Waals surface area contributed by atoms with Crippen LogP contribution in [0.4, 0.5) is 5.69 Å². The number of amides is 1. The number of hydrogen-bond acceptors (Lipinski definition) is 4. The van der Waals surface area contributed by atoms with Crippen molar-refractivity contribution in [1.82, 2.24) is 14.3 Å². The highest BCUT2D eigenvalue weighted by Gasteiger charge is 2.23. The van der Waals surface area contributed by atoms with Crippen LogP contribution < -0.4 is 15.6 Å². The molecule has 32 heavy (non-hydrogen) atoms. The number of ether oxygens (including phenoxy) is 1. The van der Waals surface area contributed by atoms with Crippen LogP contribution in [0.2, 0.25) is 0 Å². The quantitative estimate of drug-likeness (QED) is 0.375. The molecule has 2 aromatic heterocycles. The number of nitrogens with zero attached hydrogens (tertiary/aromatic N) is 3. The Kier molecular flexibility index (Phi) is 6.21. The molecule has 0 unspecified atom stereocenters. The molecule has 0 aliphatic heterocycles. The van der Waals surface area contributed by atoms with Gasteiger partial charge in [-0.25, -0.2) is 4.68 Å². The summed E-state index contributed by atoms with van der Waals surface area (Å²) in [4.78, 5) is 30.4. The fourth-order valence-corrected chi connectivity index (χ4v) is 4.79. The highest BCUT2D eigenvalue weighted by molar-refractivity contribution is 9.11. The van der Waals surface area contributed by atoms with Gasteiger partial charge in [0.25, 0.3) is 11.5 Å².